The van der Waals surface area contributed by atoms with Crippen molar-refractivity contribution in [1.82, 2.24) is 4.98 Å². The van der Waals surface area contributed by atoms with Crippen molar-refractivity contribution < 1.29 is 14.3 Å². The second-order valence-corrected chi connectivity index (χ2v) is 5.16. The Morgan fingerprint density at radius 2 is 2.36 bits per heavy atom. The zero-order valence-corrected chi connectivity index (χ0v) is 13.0. The maximum Gasteiger partial charge on any atom is 0.302 e. The van der Waals surface area contributed by atoms with Crippen LogP contribution in [0.3, 0.4) is 0 Å². The molecule has 2 rings (SSSR count). The molecule has 22 heavy (non-hydrogen) atoms. The van der Waals surface area contributed by atoms with Crippen LogP contribution in [0, 0.1) is 0 Å². The van der Waals surface area contributed by atoms with E-state index in [0.717, 1.165) is 11.1 Å². The Hall–Kier alpha value is -2.61. The molecule has 116 valence electrons. The number of aromatic nitrogens is 1. The molecule has 1 aromatic heterocycles. The van der Waals surface area contributed by atoms with Gasteiger partial charge >= 0.3 is 5.97 Å². The number of ether oxygens (including phenoxy) is 2. The van der Waals surface area contributed by atoms with E-state index in [1.807, 2.05) is 12.1 Å². The summed E-state index contributed by atoms with van der Waals surface area (Å²) in [5, 5.41) is 6.42. The van der Waals surface area contributed by atoms with E-state index in [2.05, 4.69) is 15.5 Å². The van der Waals surface area contributed by atoms with Crippen LogP contribution in [0.4, 0.5) is 10.9 Å². The van der Waals surface area contributed by atoms with Gasteiger partial charge in [-0.25, -0.2) is 4.98 Å². The van der Waals surface area contributed by atoms with Crippen molar-refractivity contribution in [2.45, 2.75) is 13.5 Å². The molecule has 7 nitrogen and oxygen atoms in total. The first-order valence-corrected chi connectivity index (χ1v) is 7.27. The summed E-state index contributed by atoms with van der Waals surface area (Å²) >= 11 is 1.37. The minimum absolute atomic E-state index is 0.149. The number of nitrogens with zero attached hydrogens (tertiary/aromatic N) is 2. The number of benzene rings is 1. The van der Waals surface area contributed by atoms with Crippen LogP contribution in [0.15, 0.2) is 28.7 Å². The first kappa shape index (κ1) is 15.8. The second-order valence-electron chi connectivity index (χ2n) is 4.30. The minimum Gasteiger partial charge on any atom is -0.496 e. The highest BCUT2D eigenvalue weighted by molar-refractivity contribution is 7.14. The van der Waals surface area contributed by atoms with Crippen molar-refractivity contribution >= 4 is 34.5 Å². The quantitative estimate of drug-likeness (QED) is 0.481. The first-order chi connectivity index (χ1) is 10.6. The smallest absolute Gasteiger partial charge is 0.302 e. The molecule has 1 heterocycles. The predicted molar refractivity (Wildman–Crippen MR) is 86.2 cm³/mol. The summed E-state index contributed by atoms with van der Waals surface area (Å²) < 4.78 is 10.2. The lowest BCUT2D eigenvalue weighted by Gasteiger charge is -2.09. The Labute approximate surface area is 131 Å². The second kappa shape index (κ2) is 7.41. The number of nitrogens with two attached hydrogens (primary N) is 1. The van der Waals surface area contributed by atoms with E-state index in [1.165, 1.54) is 18.3 Å². The van der Waals surface area contributed by atoms with E-state index in [1.54, 1.807) is 24.8 Å². The van der Waals surface area contributed by atoms with Crippen molar-refractivity contribution in [3.05, 3.63) is 34.7 Å². The molecule has 0 atom stereocenters. The van der Waals surface area contributed by atoms with Crippen LogP contribution >= 0.6 is 11.3 Å². The van der Waals surface area contributed by atoms with Crippen molar-refractivity contribution in [3.8, 4) is 5.75 Å². The number of methoxy groups -OCH3 is 1. The molecule has 0 spiro atoms. The lowest BCUT2D eigenvalue weighted by molar-refractivity contribution is -0.142. The van der Waals surface area contributed by atoms with Gasteiger partial charge in [0.25, 0.3) is 0 Å². The number of anilines is 2. The number of thiazole rings is 1. The zero-order chi connectivity index (χ0) is 15.9. The molecule has 8 heteroatoms. The maximum absolute atomic E-state index is 10.9. The third kappa shape index (κ3) is 4.45. The first-order valence-electron chi connectivity index (χ1n) is 6.39. The molecule has 3 N–H and O–H groups in total. The molecule has 2 aromatic rings. The van der Waals surface area contributed by atoms with Crippen LogP contribution in [-0.2, 0) is 16.1 Å². The van der Waals surface area contributed by atoms with E-state index < -0.39 is 0 Å². The van der Waals surface area contributed by atoms with Gasteiger partial charge in [0.05, 0.1) is 13.3 Å². The fourth-order valence-electron chi connectivity index (χ4n) is 1.67. The fourth-order valence-corrected chi connectivity index (χ4v) is 2.22. The standard InChI is InChI=1S/C14H16N4O3S/c1-9(19)21-7-11-5-10(3-4-12(11)20-2)6-16-18-14-17-13(15)8-22-14/h3-6,8H,7,15H2,1-2H3,(H,17,18). The maximum atomic E-state index is 10.9. The van der Waals surface area contributed by atoms with E-state index in [4.69, 9.17) is 15.2 Å². The van der Waals surface area contributed by atoms with Crippen molar-refractivity contribution in [2.75, 3.05) is 18.3 Å². The summed E-state index contributed by atoms with van der Waals surface area (Å²) in [6.07, 6.45) is 1.63. The van der Waals surface area contributed by atoms with Gasteiger partial charge in [-0.05, 0) is 23.8 Å². The number of rotatable bonds is 6. The van der Waals surface area contributed by atoms with Gasteiger partial charge < -0.3 is 15.2 Å². The molecule has 0 bridgehead atoms. The van der Waals surface area contributed by atoms with Crippen LogP contribution in [-0.4, -0.2) is 24.3 Å². The molecule has 0 saturated carbocycles. The molecule has 0 saturated heterocycles. The SMILES string of the molecule is COc1ccc(C=NNc2nc(N)cs2)cc1COC(C)=O. The lowest BCUT2D eigenvalue weighted by Crippen LogP contribution is -2.02. The topological polar surface area (TPSA) is 98.8 Å². The highest BCUT2D eigenvalue weighted by atomic mass is 32.1. The fraction of sp³-hybridized carbons (Fsp3) is 0.214. The van der Waals surface area contributed by atoms with Crippen molar-refractivity contribution in [2.24, 2.45) is 5.10 Å². The normalized spacial score (nSPS) is 10.6. The third-order valence-electron chi connectivity index (χ3n) is 2.63. The lowest BCUT2D eigenvalue weighted by atomic mass is 10.1. The van der Waals surface area contributed by atoms with E-state index >= 15 is 0 Å². The van der Waals surface area contributed by atoms with Crippen LogP contribution in [0.2, 0.25) is 0 Å². The number of hydrogen-bond acceptors (Lipinski definition) is 8. The number of hydrogen-bond donors (Lipinski definition) is 2. The Morgan fingerprint density at radius 1 is 1.55 bits per heavy atom. The predicted octanol–water partition coefficient (Wildman–Crippen LogP) is 2.24. The Morgan fingerprint density at radius 3 is 3.00 bits per heavy atom. The number of carbonyl (C=O) groups excluding carboxylic acids is 1. The van der Waals surface area contributed by atoms with Gasteiger partial charge in [0.1, 0.15) is 18.2 Å². The van der Waals surface area contributed by atoms with Crippen molar-refractivity contribution in [1.29, 1.82) is 0 Å². The molecule has 0 fully saturated rings. The molecule has 0 aliphatic carbocycles. The number of nitrogen functional groups attached to an aromatic ring is 1. The minimum atomic E-state index is -0.343. The summed E-state index contributed by atoms with van der Waals surface area (Å²) in [6, 6.07) is 5.47. The van der Waals surface area contributed by atoms with Gasteiger partial charge in [0.15, 0.2) is 0 Å². The Kier molecular flexibility index (Phi) is 5.31. The highest BCUT2D eigenvalue weighted by Gasteiger charge is 2.05. The van der Waals surface area contributed by atoms with Crippen LogP contribution in [0.5, 0.6) is 5.75 Å². The molecule has 0 radical (unpaired) electrons. The third-order valence-corrected chi connectivity index (χ3v) is 3.40. The molecule has 1 aromatic carbocycles. The van der Waals surface area contributed by atoms with E-state index in [0.29, 0.717) is 16.7 Å². The summed E-state index contributed by atoms with van der Waals surface area (Å²) in [5.74, 6) is 0.763. The average Bonchev–Trinajstić information content (AvgIpc) is 2.91. The van der Waals surface area contributed by atoms with Gasteiger partial charge in [-0.1, -0.05) is 0 Å². The number of hydrazone groups is 1. The van der Waals surface area contributed by atoms with E-state index in [9.17, 15) is 4.79 Å². The largest absolute Gasteiger partial charge is 0.496 e. The number of carbonyl (C=O) groups is 1. The van der Waals surface area contributed by atoms with Gasteiger partial charge in [-0.2, -0.15) is 5.10 Å². The Bertz CT molecular complexity index is 684. The highest BCUT2D eigenvalue weighted by Crippen LogP contribution is 2.20. The van der Waals surface area contributed by atoms with Crippen LogP contribution < -0.4 is 15.9 Å². The van der Waals surface area contributed by atoms with Gasteiger partial charge in [0.2, 0.25) is 5.13 Å². The van der Waals surface area contributed by atoms with Gasteiger partial charge in [-0.3, -0.25) is 10.2 Å². The van der Waals surface area contributed by atoms with E-state index in [-0.39, 0.29) is 12.6 Å². The summed E-state index contributed by atoms with van der Waals surface area (Å²) in [4.78, 5) is 14.9. The van der Waals surface area contributed by atoms with Crippen LogP contribution in [0.1, 0.15) is 18.1 Å². The monoisotopic (exact) mass is 320 g/mol. The Balaban J connectivity index is 2.06. The summed E-state index contributed by atoms with van der Waals surface area (Å²) in [6.45, 7) is 1.51. The molecule has 0 aliphatic heterocycles. The molecule has 0 unspecified atom stereocenters. The van der Waals surface area contributed by atoms with Crippen molar-refractivity contribution in [3.63, 3.8) is 0 Å². The molecule has 0 amide bonds. The number of nitrogens with one attached hydrogen (secondary N) is 1. The average molecular weight is 320 g/mol. The summed E-state index contributed by atoms with van der Waals surface area (Å²) in [7, 11) is 1.56. The van der Waals surface area contributed by atoms with Gasteiger partial charge in [-0.15, -0.1) is 11.3 Å². The molecule has 0 aliphatic rings. The molecular formula is C14H16N4O3S. The summed E-state index contributed by atoms with van der Waals surface area (Å²) in [5.41, 5.74) is 9.91. The zero-order valence-electron chi connectivity index (χ0n) is 12.2. The van der Waals surface area contributed by atoms with Gasteiger partial charge in [0, 0.05) is 17.9 Å². The van der Waals surface area contributed by atoms with Crippen LogP contribution in [0.25, 0.3) is 0 Å². The number of esters is 1. The molecular weight excluding hydrogens is 304 g/mol.